The number of hydrogen-bond donors (Lipinski definition) is 2. The molecule has 0 spiro atoms. The lowest BCUT2D eigenvalue weighted by atomic mass is 9.96. The maximum absolute atomic E-state index is 13.3. The average molecular weight is 181 g/mol. The molecule has 2 nitrogen and oxygen atoms in total. The van der Waals surface area contributed by atoms with E-state index < -0.39 is 0 Å². The molecular formula is C10H12FNO. The molecule has 1 aromatic rings. The van der Waals surface area contributed by atoms with Gasteiger partial charge in [0, 0.05) is 12.6 Å². The van der Waals surface area contributed by atoms with Crippen molar-refractivity contribution in [2.45, 2.75) is 19.0 Å². The summed E-state index contributed by atoms with van der Waals surface area (Å²) in [6.07, 6.45) is 0.582. The molecule has 0 saturated carbocycles. The van der Waals surface area contributed by atoms with Crippen molar-refractivity contribution in [3.8, 4) is 0 Å². The van der Waals surface area contributed by atoms with Gasteiger partial charge in [-0.15, -0.1) is 0 Å². The van der Waals surface area contributed by atoms with Crippen molar-refractivity contribution in [3.63, 3.8) is 0 Å². The first-order chi connectivity index (χ1) is 6.31. The van der Waals surface area contributed by atoms with Crippen molar-refractivity contribution in [2.24, 2.45) is 0 Å². The minimum absolute atomic E-state index is 0.00407. The lowest BCUT2D eigenvalue weighted by Gasteiger charge is -2.24. The van der Waals surface area contributed by atoms with Crippen LogP contribution in [-0.2, 0) is 13.0 Å². The summed E-state index contributed by atoms with van der Waals surface area (Å²) in [7, 11) is 0. The van der Waals surface area contributed by atoms with E-state index in [9.17, 15) is 4.39 Å². The van der Waals surface area contributed by atoms with Gasteiger partial charge in [-0.25, -0.2) is 4.39 Å². The first-order valence-electron chi connectivity index (χ1n) is 4.42. The lowest BCUT2D eigenvalue weighted by Crippen LogP contribution is -2.38. The molecular weight excluding hydrogens is 169 g/mol. The Hall–Kier alpha value is -0.930. The van der Waals surface area contributed by atoms with Crippen LogP contribution in [0, 0.1) is 5.82 Å². The second-order valence-electron chi connectivity index (χ2n) is 3.34. The second kappa shape index (κ2) is 3.44. The van der Waals surface area contributed by atoms with Crippen LogP contribution in [0.2, 0.25) is 0 Å². The van der Waals surface area contributed by atoms with E-state index >= 15 is 0 Å². The van der Waals surface area contributed by atoms with E-state index in [0.717, 1.165) is 11.1 Å². The first-order valence-corrected chi connectivity index (χ1v) is 4.42. The maximum atomic E-state index is 13.3. The highest BCUT2D eigenvalue weighted by molar-refractivity contribution is 5.31. The van der Waals surface area contributed by atoms with Crippen molar-refractivity contribution < 1.29 is 9.50 Å². The third-order valence-corrected chi connectivity index (χ3v) is 2.47. The van der Waals surface area contributed by atoms with Crippen LogP contribution >= 0.6 is 0 Å². The van der Waals surface area contributed by atoms with Gasteiger partial charge >= 0.3 is 0 Å². The van der Waals surface area contributed by atoms with E-state index in [1.54, 1.807) is 6.07 Å². The summed E-state index contributed by atoms with van der Waals surface area (Å²) in [5.74, 6) is -0.155. The molecule has 0 saturated heterocycles. The van der Waals surface area contributed by atoms with Crippen LogP contribution < -0.4 is 5.32 Å². The van der Waals surface area contributed by atoms with Crippen molar-refractivity contribution >= 4 is 0 Å². The van der Waals surface area contributed by atoms with Crippen LogP contribution in [-0.4, -0.2) is 17.8 Å². The smallest absolute Gasteiger partial charge is 0.126 e. The fourth-order valence-electron chi connectivity index (χ4n) is 1.70. The number of nitrogens with one attached hydrogen (secondary N) is 1. The van der Waals surface area contributed by atoms with Crippen molar-refractivity contribution in [2.75, 3.05) is 6.61 Å². The van der Waals surface area contributed by atoms with E-state index in [1.165, 1.54) is 6.07 Å². The summed E-state index contributed by atoms with van der Waals surface area (Å²) in [5, 5.41) is 12.1. The SMILES string of the molecule is OCC1Cc2c(F)cccc2CN1. The zero-order valence-electron chi connectivity index (χ0n) is 7.26. The number of fused-ring (bicyclic) bond motifs is 1. The fraction of sp³-hybridized carbons (Fsp3) is 0.400. The predicted molar refractivity (Wildman–Crippen MR) is 47.8 cm³/mol. The normalized spacial score (nSPS) is 21.2. The molecule has 2 N–H and O–H groups in total. The van der Waals surface area contributed by atoms with E-state index in [0.29, 0.717) is 13.0 Å². The minimum atomic E-state index is -0.155. The Kier molecular flexibility index (Phi) is 2.29. The van der Waals surface area contributed by atoms with Gasteiger partial charge in [0.05, 0.1) is 6.61 Å². The standard InChI is InChI=1S/C10H12FNO/c11-10-3-1-2-7-5-12-8(6-13)4-9(7)10/h1-3,8,12-13H,4-6H2. The quantitative estimate of drug-likeness (QED) is 0.672. The van der Waals surface area contributed by atoms with Gasteiger partial charge in [-0.2, -0.15) is 0 Å². The second-order valence-corrected chi connectivity index (χ2v) is 3.34. The molecule has 0 aromatic heterocycles. The Morgan fingerprint density at radius 2 is 2.38 bits per heavy atom. The highest BCUT2D eigenvalue weighted by atomic mass is 19.1. The summed E-state index contributed by atoms with van der Waals surface area (Å²) >= 11 is 0. The fourth-order valence-corrected chi connectivity index (χ4v) is 1.70. The number of hydrogen-bond acceptors (Lipinski definition) is 2. The first kappa shape index (κ1) is 8.66. The number of aliphatic hydroxyl groups excluding tert-OH is 1. The highest BCUT2D eigenvalue weighted by Gasteiger charge is 2.19. The third-order valence-electron chi connectivity index (χ3n) is 2.47. The number of rotatable bonds is 1. The largest absolute Gasteiger partial charge is 0.395 e. The maximum Gasteiger partial charge on any atom is 0.126 e. The van der Waals surface area contributed by atoms with Gasteiger partial charge < -0.3 is 10.4 Å². The molecule has 1 aromatic carbocycles. The van der Waals surface area contributed by atoms with Gasteiger partial charge in [-0.1, -0.05) is 12.1 Å². The van der Waals surface area contributed by atoms with E-state index in [1.807, 2.05) is 6.07 Å². The Balaban J connectivity index is 2.32. The van der Waals surface area contributed by atoms with E-state index in [4.69, 9.17) is 5.11 Å². The zero-order chi connectivity index (χ0) is 9.26. The van der Waals surface area contributed by atoms with Crippen molar-refractivity contribution in [3.05, 3.63) is 35.1 Å². The summed E-state index contributed by atoms with van der Waals surface area (Å²) in [6, 6.07) is 5.11. The monoisotopic (exact) mass is 181 g/mol. The summed E-state index contributed by atoms with van der Waals surface area (Å²) in [6.45, 7) is 0.714. The summed E-state index contributed by atoms with van der Waals surface area (Å²) < 4.78 is 13.3. The number of benzene rings is 1. The van der Waals surface area contributed by atoms with Gasteiger partial charge in [-0.3, -0.25) is 0 Å². The molecule has 70 valence electrons. The van der Waals surface area contributed by atoms with E-state index in [-0.39, 0.29) is 18.5 Å². The molecule has 0 radical (unpaired) electrons. The van der Waals surface area contributed by atoms with Crippen LogP contribution in [0.4, 0.5) is 4.39 Å². The molecule has 1 aliphatic heterocycles. The molecule has 1 heterocycles. The average Bonchev–Trinajstić information content (AvgIpc) is 2.18. The van der Waals surface area contributed by atoms with Crippen LogP contribution in [0.5, 0.6) is 0 Å². The van der Waals surface area contributed by atoms with Crippen LogP contribution in [0.25, 0.3) is 0 Å². The van der Waals surface area contributed by atoms with Crippen LogP contribution in [0.1, 0.15) is 11.1 Å². The number of aliphatic hydroxyl groups is 1. The van der Waals surface area contributed by atoms with Gasteiger partial charge in [0.1, 0.15) is 5.82 Å². The topological polar surface area (TPSA) is 32.3 Å². The van der Waals surface area contributed by atoms with Gasteiger partial charge in [-0.05, 0) is 23.6 Å². The molecule has 0 aliphatic carbocycles. The molecule has 13 heavy (non-hydrogen) atoms. The zero-order valence-corrected chi connectivity index (χ0v) is 7.26. The molecule has 3 heteroatoms. The highest BCUT2D eigenvalue weighted by Crippen LogP contribution is 2.19. The third kappa shape index (κ3) is 1.57. The Morgan fingerprint density at radius 3 is 3.15 bits per heavy atom. The molecule has 0 bridgehead atoms. The van der Waals surface area contributed by atoms with Gasteiger partial charge in [0.25, 0.3) is 0 Å². The molecule has 0 amide bonds. The van der Waals surface area contributed by atoms with E-state index in [2.05, 4.69) is 5.32 Å². The predicted octanol–water partition coefficient (Wildman–Crippen LogP) is 0.832. The van der Waals surface area contributed by atoms with Crippen LogP contribution in [0.3, 0.4) is 0 Å². The molecule has 1 unspecified atom stereocenters. The molecule has 0 fully saturated rings. The molecule has 2 rings (SSSR count). The Bertz CT molecular complexity index is 314. The van der Waals surface area contributed by atoms with Crippen LogP contribution in [0.15, 0.2) is 18.2 Å². The molecule has 1 aliphatic rings. The lowest BCUT2D eigenvalue weighted by molar-refractivity contribution is 0.234. The van der Waals surface area contributed by atoms with Crippen molar-refractivity contribution in [1.82, 2.24) is 5.32 Å². The van der Waals surface area contributed by atoms with Gasteiger partial charge in [0.15, 0.2) is 0 Å². The Labute approximate surface area is 76.4 Å². The van der Waals surface area contributed by atoms with Crippen molar-refractivity contribution in [1.29, 1.82) is 0 Å². The summed E-state index contributed by atoms with van der Waals surface area (Å²) in [5.41, 5.74) is 1.75. The van der Waals surface area contributed by atoms with Gasteiger partial charge in [0.2, 0.25) is 0 Å². The minimum Gasteiger partial charge on any atom is -0.395 e. The molecule has 1 atom stereocenters. The number of halogens is 1. The summed E-state index contributed by atoms with van der Waals surface area (Å²) in [4.78, 5) is 0. The Morgan fingerprint density at radius 1 is 1.54 bits per heavy atom.